The van der Waals surface area contributed by atoms with Crippen LogP contribution >= 0.6 is 11.8 Å². The van der Waals surface area contributed by atoms with Gasteiger partial charge in [0.15, 0.2) is 0 Å². The summed E-state index contributed by atoms with van der Waals surface area (Å²) in [5.41, 5.74) is 7.28. The molecule has 0 radical (unpaired) electrons. The number of hydrogen-bond acceptors (Lipinski definition) is 13. The predicted molar refractivity (Wildman–Crippen MR) is 187 cm³/mol. The first-order chi connectivity index (χ1) is 23.2. The van der Waals surface area contributed by atoms with Gasteiger partial charge < -0.3 is 30.7 Å². The van der Waals surface area contributed by atoms with Gasteiger partial charge in [-0.2, -0.15) is 11.8 Å². The van der Waals surface area contributed by atoms with Gasteiger partial charge in [-0.15, -0.1) is 4.41 Å². The van der Waals surface area contributed by atoms with Crippen molar-refractivity contribution in [1.82, 2.24) is 36.8 Å². The summed E-state index contributed by atoms with van der Waals surface area (Å²) in [4.78, 5) is 68.8. The van der Waals surface area contributed by atoms with Gasteiger partial charge in [-0.25, -0.2) is 24.1 Å². The van der Waals surface area contributed by atoms with Gasteiger partial charge in [-0.05, 0) is 83.1 Å². The van der Waals surface area contributed by atoms with E-state index in [0.717, 1.165) is 4.41 Å². The van der Waals surface area contributed by atoms with Gasteiger partial charge in [0.2, 0.25) is 27.7 Å². The van der Waals surface area contributed by atoms with Crippen LogP contribution in [0.3, 0.4) is 0 Å². The van der Waals surface area contributed by atoms with Gasteiger partial charge in [-0.1, -0.05) is 31.6 Å². The van der Waals surface area contributed by atoms with Crippen LogP contribution in [0.25, 0.3) is 0 Å². The second-order valence-electron chi connectivity index (χ2n) is 12.7. The van der Waals surface area contributed by atoms with E-state index in [2.05, 4.69) is 32.4 Å². The average molecular weight is 733 g/mol. The van der Waals surface area contributed by atoms with E-state index in [0.29, 0.717) is 11.3 Å². The number of hydrazine groups is 2. The number of phenols is 1. The number of amides is 3. The maximum atomic E-state index is 13.3. The Hall–Kier alpha value is -3.29. The number of hydrogen-bond donors (Lipinski definition) is 7. The largest absolute Gasteiger partial charge is 0.508 e. The van der Waals surface area contributed by atoms with Gasteiger partial charge in [0, 0.05) is 12.0 Å². The molecule has 0 aromatic heterocycles. The first-order valence-electron chi connectivity index (χ1n) is 16.4. The van der Waals surface area contributed by atoms with Gasteiger partial charge in [0.25, 0.3) is 0 Å². The van der Waals surface area contributed by atoms with Crippen molar-refractivity contribution in [3.63, 3.8) is 0 Å². The summed E-state index contributed by atoms with van der Waals surface area (Å²) in [6.07, 6.45) is 1.28. The molecule has 16 nitrogen and oxygen atoms in total. The van der Waals surface area contributed by atoms with Crippen LogP contribution < -0.4 is 32.4 Å². The third-order valence-electron chi connectivity index (χ3n) is 6.92. The molecule has 0 aliphatic rings. The predicted octanol–water partition coefficient (Wildman–Crippen LogP) is 0.283. The van der Waals surface area contributed by atoms with Gasteiger partial charge >= 0.3 is 5.97 Å². The lowest BCUT2D eigenvalue weighted by molar-refractivity contribution is -0.159. The molecule has 18 heteroatoms. The minimum Gasteiger partial charge on any atom is -0.508 e. The molecule has 1 rings (SSSR count). The third-order valence-corrected chi connectivity index (χ3v) is 9.50. The lowest BCUT2D eigenvalue weighted by Crippen LogP contribution is -2.61. The van der Waals surface area contributed by atoms with Crippen molar-refractivity contribution in [2.45, 2.75) is 97.4 Å². The smallest absolute Gasteiger partial charge is 0.348 e. The molecule has 3 amide bonds. The number of sulfonamides is 1. The van der Waals surface area contributed by atoms with E-state index in [9.17, 15) is 37.5 Å². The van der Waals surface area contributed by atoms with Crippen LogP contribution in [0.15, 0.2) is 24.3 Å². The topological polar surface area (TPSA) is 224 Å². The zero-order valence-corrected chi connectivity index (χ0v) is 31.0. The molecule has 49 heavy (non-hydrogen) atoms. The molecule has 0 spiro atoms. The molecule has 0 saturated carbocycles. The minimum absolute atomic E-state index is 0.000616. The van der Waals surface area contributed by atoms with Crippen LogP contribution in [0.2, 0.25) is 0 Å². The van der Waals surface area contributed by atoms with E-state index in [1.165, 1.54) is 37.7 Å². The molecule has 0 bridgehead atoms. The summed E-state index contributed by atoms with van der Waals surface area (Å²) in [7, 11) is -3.77. The molecule has 7 N–H and O–H groups in total. The minimum atomic E-state index is -3.77. The fraction of sp³-hybridized carbons (Fsp3) is 0.645. The Morgan fingerprint density at radius 1 is 1.02 bits per heavy atom. The van der Waals surface area contributed by atoms with Gasteiger partial charge in [0.05, 0.1) is 18.3 Å². The molecule has 0 heterocycles. The van der Waals surface area contributed by atoms with E-state index in [-0.39, 0.29) is 36.7 Å². The van der Waals surface area contributed by atoms with Crippen molar-refractivity contribution >= 4 is 51.7 Å². The highest BCUT2D eigenvalue weighted by atomic mass is 32.2. The number of aromatic hydroxyl groups is 1. The Bertz CT molecular complexity index is 1390. The Morgan fingerprint density at radius 3 is 2.16 bits per heavy atom. The summed E-state index contributed by atoms with van der Waals surface area (Å²) in [5.74, 6) is -2.59. The molecule has 1 aromatic carbocycles. The lowest BCUT2D eigenvalue weighted by Gasteiger charge is -2.36. The fourth-order valence-electron chi connectivity index (χ4n) is 4.36. The van der Waals surface area contributed by atoms with Crippen LogP contribution in [0, 0.1) is 5.92 Å². The van der Waals surface area contributed by atoms with Crippen molar-refractivity contribution in [2.75, 3.05) is 24.3 Å². The lowest BCUT2D eigenvalue weighted by atomic mass is 10.0. The highest BCUT2D eigenvalue weighted by Crippen LogP contribution is 2.17. The zero-order chi connectivity index (χ0) is 38.2. The van der Waals surface area contributed by atoms with Crippen molar-refractivity contribution in [3.8, 4) is 5.75 Å². The fourth-order valence-corrected chi connectivity index (χ4v) is 6.24. The number of rotatable bonds is 22. The molecule has 0 saturated heterocycles. The van der Waals surface area contributed by atoms with E-state index in [1.54, 1.807) is 32.9 Å². The Morgan fingerprint density at radius 2 is 1.63 bits per heavy atom. The van der Waals surface area contributed by atoms with E-state index in [1.807, 2.05) is 20.1 Å². The zero-order valence-electron chi connectivity index (χ0n) is 30.4. The Kier molecular flexibility index (Phi) is 18.0. The molecule has 0 fully saturated rings. The van der Waals surface area contributed by atoms with Crippen molar-refractivity contribution < 1.29 is 43.7 Å². The third kappa shape index (κ3) is 15.9. The molecular formula is C31H53N7O9S2. The number of phenolic OH excluding ortho intramolecular Hbond substituents is 1. The summed E-state index contributed by atoms with van der Waals surface area (Å²) >= 11 is 1.45. The quantitative estimate of drug-likeness (QED) is 0.0630. The highest BCUT2D eigenvalue weighted by molar-refractivity contribution is 7.98. The van der Waals surface area contributed by atoms with Crippen LogP contribution in [0.4, 0.5) is 0 Å². The Balaban J connectivity index is 3.12. The van der Waals surface area contributed by atoms with Crippen LogP contribution in [0.5, 0.6) is 5.75 Å². The molecule has 278 valence electrons. The monoisotopic (exact) mass is 732 g/mol. The van der Waals surface area contributed by atoms with E-state index in [4.69, 9.17) is 6.21 Å². The summed E-state index contributed by atoms with van der Waals surface area (Å²) in [6.45, 7) is 11.1. The number of nitrogens with one attached hydrogen (secondary N) is 6. The molecule has 0 aliphatic heterocycles. The van der Waals surface area contributed by atoms with E-state index >= 15 is 0 Å². The maximum absolute atomic E-state index is 13.3. The summed E-state index contributed by atoms with van der Waals surface area (Å²) in [6, 6.07) is 1.53. The highest BCUT2D eigenvalue weighted by Gasteiger charge is 2.35. The van der Waals surface area contributed by atoms with Crippen LogP contribution in [-0.2, 0) is 45.3 Å². The van der Waals surface area contributed by atoms with Gasteiger partial charge in [-0.3, -0.25) is 14.4 Å². The van der Waals surface area contributed by atoms with Crippen LogP contribution in [0.1, 0.15) is 68.2 Å². The molecule has 4 atom stereocenters. The molecule has 0 aliphatic carbocycles. The van der Waals surface area contributed by atoms with Crippen LogP contribution in [-0.4, -0.2) is 102 Å². The number of nitrogens with zero attached hydrogens (tertiary/aromatic N) is 1. The van der Waals surface area contributed by atoms with Gasteiger partial charge in [0.1, 0.15) is 31.5 Å². The van der Waals surface area contributed by atoms with Crippen molar-refractivity contribution in [2.24, 2.45) is 5.92 Å². The van der Waals surface area contributed by atoms with Crippen molar-refractivity contribution in [3.05, 3.63) is 29.8 Å². The molecule has 1 aromatic rings. The average Bonchev–Trinajstić information content (AvgIpc) is 3.03. The van der Waals surface area contributed by atoms with E-state index < -0.39 is 76.2 Å². The van der Waals surface area contributed by atoms with Crippen molar-refractivity contribution in [1.29, 1.82) is 0 Å². The molecular weight excluding hydrogens is 679 g/mol. The summed E-state index contributed by atoms with van der Waals surface area (Å²) in [5, 5.41) is 17.3. The number of carbonyl (C=O) groups is 5. The second kappa shape index (κ2) is 21.0. The normalized spacial score (nSPS) is 14.7. The number of aldehydes is 1. The first kappa shape index (κ1) is 41.9. The molecule has 2 unspecified atom stereocenters. The number of carbonyl (C=O) groups excluding carboxylic acids is 5. The first-order valence-corrected chi connectivity index (χ1v) is 18.9. The number of benzene rings is 1. The summed E-state index contributed by atoms with van der Waals surface area (Å²) < 4.78 is 33.5. The number of thioether (sulfide) groups is 1. The maximum Gasteiger partial charge on any atom is 0.348 e. The second-order valence-corrected chi connectivity index (χ2v) is 15.8. The standard InChI is InChI=1S/C31H53N7O9S2/c1-9-49(45,46)38(31(5,6)7)36-21(4)27(41)34-26(19-22-10-12-23(40)13-11-22)30(44)47-37-35-24(14-17-48-8)29(43)33-25(18-20(2)3)28(42)32-15-16-39/h10-13,16,20-21,24-26,35-37,40H,9,14-15,17-19H2,1-8H3,(H,32,42)(H,33,43)(H,34,41)/t21-,24-,25?,26?/m0/s1/i16D. The Labute approximate surface area is 295 Å². The SMILES string of the molecule is [2H]C(=O)CNC(=O)C(CC(C)C)NC(=O)[C@H](CCSC)NNOC(=O)C(Cc1ccc(O)cc1)NC(=O)[C@H](C)NN(C(C)(C)C)S(=O)(=O)CC.